The summed E-state index contributed by atoms with van der Waals surface area (Å²) in [5.74, 6) is 3.51. The molecule has 6 atom stereocenters. The molecule has 0 spiro atoms. The van der Waals surface area contributed by atoms with Crippen LogP contribution in [-0.4, -0.2) is 17.3 Å². The average molecular weight is 337 g/mol. The summed E-state index contributed by atoms with van der Waals surface area (Å²) in [6.45, 7) is 0. The lowest BCUT2D eigenvalue weighted by atomic mass is 9.57. The van der Waals surface area contributed by atoms with Crippen LogP contribution in [0.2, 0.25) is 0 Å². The van der Waals surface area contributed by atoms with Gasteiger partial charge in [-0.1, -0.05) is 24.5 Å². The van der Waals surface area contributed by atoms with Gasteiger partial charge in [-0.05, 0) is 79.7 Å². The maximum absolute atomic E-state index is 11.4. The maximum Gasteiger partial charge on any atom is 0.391 e. The van der Waals surface area contributed by atoms with Gasteiger partial charge in [-0.15, -0.1) is 0 Å². The van der Waals surface area contributed by atoms with Crippen LogP contribution in [0.25, 0.3) is 0 Å². The van der Waals surface area contributed by atoms with Crippen LogP contribution in [0.3, 0.4) is 0 Å². The Hall–Kier alpha value is -0.830. The van der Waals surface area contributed by atoms with Gasteiger partial charge in [0.15, 0.2) is 0 Å². The first-order valence-corrected chi connectivity index (χ1v) is 9.60. The zero-order chi connectivity index (χ0) is 16.0. The number of hydrogen-bond donors (Lipinski definition) is 0. The molecule has 0 aliphatic heterocycles. The minimum atomic E-state index is -1.01. The van der Waals surface area contributed by atoms with Crippen LogP contribution in [0.5, 0.6) is 0 Å². The van der Waals surface area contributed by atoms with Crippen LogP contribution in [0.15, 0.2) is 11.6 Å². The lowest BCUT2D eigenvalue weighted by Gasteiger charge is -2.49. The molecule has 0 aromatic heterocycles. The molecule has 0 heterocycles. The molecule has 4 aliphatic carbocycles. The van der Waals surface area contributed by atoms with Crippen LogP contribution in [0.4, 0.5) is 0 Å². The van der Waals surface area contributed by atoms with Crippen molar-refractivity contribution in [1.82, 2.24) is 0 Å². The fourth-order valence-electron chi connectivity index (χ4n) is 6.15. The molecule has 3 fully saturated rings. The third-order valence-electron chi connectivity index (χ3n) is 7.03. The number of ether oxygens (including phenoxy) is 1. The van der Waals surface area contributed by atoms with Gasteiger partial charge < -0.3 is 4.74 Å². The van der Waals surface area contributed by atoms with E-state index in [-0.39, 0.29) is 6.10 Å². The third kappa shape index (κ3) is 2.86. The van der Waals surface area contributed by atoms with Crippen LogP contribution in [-0.2, 0) is 14.3 Å². The molecule has 3 saturated carbocycles. The van der Waals surface area contributed by atoms with Gasteiger partial charge in [0.25, 0.3) is 0 Å². The number of carbonyl (C=O) groups excluding carboxylic acids is 2. The van der Waals surface area contributed by atoms with E-state index in [1.54, 1.807) is 0 Å². The van der Waals surface area contributed by atoms with E-state index in [0.29, 0.717) is 5.92 Å². The molecule has 4 heteroatoms. The van der Waals surface area contributed by atoms with Crippen molar-refractivity contribution in [2.75, 3.05) is 0 Å². The minimum absolute atomic E-state index is 0.160. The molecule has 0 radical (unpaired) electrons. The molecule has 0 aromatic rings. The Labute approximate surface area is 142 Å². The molecule has 0 aromatic carbocycles. The van der Waals surface area contributed by atoms with Crippen molar-refractivity contribution < 1.29 is 14.3 Å². The highest BCUT2D eigenvalue weighted by molar-refractivity contribution is 6.80. The predicted molar refractivity (Wildman–Crippen MR) is 87.8 cm³/mol. The fourth-order valence-corrected chi connectivity index (χ4v) is 6.20. The molecule has 3 nitrogen and oxygen atoms in total. The highest BCUT2D eigenvalue weighted by atomic mass is 35.5. The summed E-state index contributed by atoms with van der Waals surface area (Å²) in [4.78, 5) is 22.3. The Bertz CT molecular complexity index is 541. The first-order chi connectivity index (χ1) is 11.1. The first-order valence-electron chi connectivity index (χ1n) is 9.23. The number of allylic oxidation sites excluding steroid dienone is 1. The van der Waals surface area contributed by atoms with Crippen molar-refractivity contribution in [3.63, 3.8) is 0 Å². The second-order valence-corrected chi connectivity index (χ2v) is 8.31. The van der Waals surface area contributed by atoms with Crippen molar-refractivity contribution in [1.29, 1.82) is 0 Å². The van der Waals surface area contributed by atoms with Crippen LogP contribution in [0, 0.1) is 29.6 Å². The van der Waals surface area contributed by atoms with Gasteiger partial charge in [-0.3, -0.25) is 4.79 Å². The van der Waals surface area contributed by atoms with E-state index in [4.69, 9.17) is 16.3 Å². The van der Waals surface area contributed by atoms with Gasteiger partial charge in [-0.2, -0.15) is 0 Å². The summed E-state index contributed by atoms with van der Waals surface area (Å²) >= 11 is 5.20. The lowest BCUT2D eigenvalue weighted by Crippen LogP contribution is -2.41. The zero-order valence-electron chi connectivity index (χ0n) is 13.5. The van der Waals surface area contributed by atoms with Crippen LogP contribution >= 0.6 is 11.6 Å². The van der Waals surface area contributed by atoms with Crippen molar-refractivity contribution in [3.8, 4) is 0 Å². The molecule has 4 rings (SSSR count). The summed E-state index contributed by atoms with van der Waals surface area (Å²) in [6, 6.07) is 0. The molecule has 0 amide bonds. The molecule has 4 aliphatic rings. The third-order valence-corrected chi connectivity index (χ3v) is 7.19. The van der Waals surface area contributed by atoms with E-state index >= 15 is 0 Å². The zero-order valence-corrected chi connectivity index (χ0v) is 14.3. The number of hydrogen-bond acceptors (Lipinski definition) is 3. The lowest BCUT2D eigenvalue weighted by molar-refractivity contribution is -0.155. The number of halogens is 1. The largest absolute Gasteiger partial charge is 0.455 e. The average Bonchev–Trinajstić information content (AvgIpc) is 3.03. The van der Waals surface area contributed by atoms with E-state index < -0.39 is 11.2 Å². The Morgan fingerprint density at radius 1 is 1.00 bits per heavy atom. The van der Waals surface area contributed by atoms with Gasteiger partial charge in [0, 0.05) is 6.42 Å². The van der Waals surface area contributed by atoms with E-state index in [2.05, 4.69) is 6.08 Å². The minimum Gasteiger partial charge on any atom is -0.455 e. The van der Waals surface area contributed by atoms with Crippen molar-refractivity contribution in [2.24, 2.45) is 29.6 Å². The summed E-state index contributed by atoms with van der Waals surface area (Å²) < 4.78 is 5.25. The quantitative estimate of drug-likeness (QED) is 0.328. The summed E-state index contributed by atoms with van der Waals surface area (Å²) in [5, 5.41) is -1.01. The summed E-state index contributed by atoms with van der Waals surface area (Å²) in [7, 11) is 0. The second-order valence-electron chi connectivity index (χ2n) is 7.96. The van der Waals surface area contributed by atoms with E-state index in [1.807, 2.05) is 0 Å². The number of carbonyl (C=O) groups is 2. The van der Waals surface area contributed by atoms with E-state index in [9.17, 15) is 9.59 Å². The van der Waals surface area contributed by atoms with Crippen molar-refractivity contribution in [2.45, 2.75) is 63.9 Å². The summed E-state index contributed by atoms with van der Waals surface area (Å²) in [6.07, 6.45) is 13.4. The number of fused-ring (bicyclic) bond motifs is 5. The van der Waals surface area contributed by atoms with Gasteiger partial charge in [0.1, 0.15) is 6.10 Å². The molecule has 6 unspecified atom stereocenters. The van der Waals surface area contributed by atoms with Gasteiger partial charge in [0.2, 0.25) is 0 Å². The van der Waals surface area contributed by atoms with Crippen molar-refractivity contribution >= 4 is 22.8 Å². The predicted octanol–water partition coefficient (Wildman–Crippen LogP) is 4.24. The maximum atomic E-state index is 11.4. The Kier molecular flexibility index (Phi) is 4.25. The van der Waals surface area contributed by atoms with E-state index in [1.165, 1.54) is 44.1 Å². The molecule has 0 saturated heterocycles. The highest BCUT2D eigenvalue weighted by Crippen LogP contribution is 2.56. The first kappa shape index (κ1) is 15.7. The molecule has 0 N–H and O–H groups in total. The molecular weight excluding hydrogens is 312 g/mol. The van der Waals surface area contributed by atoms with Gasteiger partial charge in [0.05, 0.1) is 0 Å². The summed E-state index contributed by atoms with van der Waals surface area (Å²) in [5.41, 5.74) is 1.48. The topological polar surface area (TPSA) is 43.4 Å². The smallest absolute Gasteiger partial charge is 0.391 e. The van der Waals surface area contributed by atoms with Crippen LogP contribution in [0.1, 0.15) is 57.8 Å². The fraction of sp³-hybridized carbons (Fsp3) is 0.789. The molecule has 23 heavy (non-hydrogen) atoms. The molecule has 0 bridgehead atoms. The standard InChI is InChI=1S/C19H25ClO3/c20-18(21)19(22)23-13-6-9-15-12(10-13)5-8-16-14-3-1-2-11(14)4-7-17(15)16/h5,11,13-17H,1-4,6-10H2. The second kappa shape index (κ2) is 6.23. The van der Waals surface area contributed by atoms with Gasteiger partial charge in [-0.25, -0.2) is 4.79 Å². The normalized spacial score (nSPS) is 42.0. The van der Waals surface area contributed by atoms with Crippen molar-refractivity contribution in [3.05, 3.63) is 11.6 Å². The number of esters is 1. The van der Waals surface area contributed by atoms with E-state index in [0.717, 1.165) is 42.9 Å². The number of rotatable bonds is 2. The van der Waals surface area contributed by atoms with Crippen LogP contribution < -0.4 is 0 Å². The SMILES string of the molecule is O=C(Cl)C(=O)OC1CCC2C(=CCC3C4CCCC4CCC23)C1. The molecule has 126 valence electrons. The Balaban J connectivity index is 1.45. The Morgan fingerprint density at radius 2 is 1.87 bits per heavy atom. The highest BCUT2D eigenvalue weighted by Gasteiger charge is 2.47. The molecular formula is C19H25ClO3. The van der Waals surface area contributed by atoms with Gasteiger partial charge >= 0.3 is 11.2 Å². The monoisotopic (exact) mass is 336 g/mol. The Morgan fingerprint density at radius 3 is 2.70 bits per heavy atom.